The lowest BCUT2D eigenvalue weighted by Crippen LogP contribution is -2.19. The molecular formula is C14H11Cl2N3O2. The molecule has 0 spiro atoms. The van der Waals surface area contributed by atoms with Crippen LogP contribution >= 0.6 is 23.2 Å². The van der Waals surface area contributed by atoms with Gasteiger partial charge in [-0.15, -0.1) is 0 Å². The Morgan fingerprint density at radius 3 is 2.52 bits per heavy atom. The number of hydrogen-bond donors (Lipinski definition) is 2. The molecule has 0 aliphatic heterocycles. The van der Waals surface area contributed by atoms with Crippen LogP contribution in [0.3, 0.4) is 0 Å². The van der Waals surface area contributed by atoms with Crippen LogP contribution in [0.5, 0.6) is 0 Å². The second kappa shape index (κ2) is 6.56. The first-order valence-corrected chi connectivity index (χ1v) is 6.72. The smallest absolute Gasteiger partial charge is 0.274 e. The molecule has 1 aromatic heterocycles. The van der Waals surface area contributed by atoms with E-state index in [1.54, 1.807) is 18.2 Å². The lowest BCUT2D eigenvalue weighted by Gasteiger charge is -2.09. The van der Waals surface area contributed by atoms with Crippen LogP contribution in [-0.2, 0) is 0 Å². The Kier molecular flexibility index (Phi) is 4.77. The number of benzene rings is 1. The molecular weight excluding hydrogens is 313 g/mol. The molecule has 2 amide bonds. The number of hydrogen-bond acceptors (Lipinski definition) is 3. The number of pyridine rings is 1. The lowest BCUT2D eigenvalue weighted by molar-refractivity contribution is 0.0961. The Bertz CT molecular complexity index is 704. The number of carbonyl (C=O) groups excluding carboxylic acids is 2. The highest BCUT2D eigenvalue weighted by atomic mass is 35.5. The normalized spacial score (nSPS) is 10.0. The summed E-state index contributed by atoms with van der Waals surface area (Å²) in [5.41, 5.74) is 0.865. The number of nitrogens with zero attached hydrogens (tertiary/aromatic N) is 1. The van der Waals surface area contributed by atoms with Gasteiger partial charge in [-0.05, 0) is 30.3 Å². The Morgan fingerprint density at radius 2 is 1.86 bits per heavy atom. The fourth-order valence-corrected chi connectivity index (χ4v) is 1.96. The molecule has 0 aliphatic rings. The van der Waals surface area contributed by atoms with Crippen molar-refractivity contribution in [2.75, 3.05) is 12.4 Å². The van der Waals surface area contributed by atoms with E-state index >= 15 is 0 Å². The van der Waals surface area contributed by atoms with Gasteiger partial charge >= 0.3 is 0 Å². The fraction of sp³-hybridized carbons (Fsp3) is 0.0714. The van der Waals surface area contributed by atoms with Crippen LogP contribution in [0, 0.1) is 0 Å². The zero-order valence-electron chi connectivity index (χ0n) is 11.0. The molecule has 0 saturated carbocycles. The average molecular weight is 324 g/mol. The van der Waals surface area contributed by atoms with E-state index in [9.17, 15) is 9.59 Å². The summed E-state index contributed by atoms with van der Waals surface area (Å²) in [6.45, 7) is 0. The molecule has 2 N–H and O–H groups in total. The van der Waals surface area contributed by atoms with E-state index in [0.717, 1.165) is 0 Å². The first-order valence-electron chi connectivity index (χ1n) is 5.97. The van der Waals surface area contributed by atoms with Crippen LogP contribution in [0.1, 0.15) is 20.8 Å². The second-order valence-corrected chi connectivity index (χ2v) is 4.87. The molecule has 108 valence electrons. The minimum absolute atomic E-state index is 0.156. The van der Waals surface area contributed by atoms with Crippen LogP contribution in [0.25, 0.3) is 0 Å². The predicted molar refractivity (Wildman–Crippen MR) is 82.0 cm³/mol. The van der Waals surface area contributed by atoms with Crippen molar-refractivity contribution in [3.8, 4) is 0 Å². The van der Waals surface area contributed by atoms with Crippen LogP contribution in [0.2, 0.25) is 10.2 Å². The fourth-order valence-electron chi connectivity index (χ4n) is 1.63. The van der Waals surface area contributed by atoms with Crippen LogP contribution < -0.4 is 10.6 Å². The summed E-state index contributed by atoms with van der Waals surface area (Å²) in [5.74, 6) is -0.739. The van der Waals surface area contributed by atoms with E-state index in [1.165, 1.54) is 25.2 Å². The summed E-state index contributed by atoms with van der Waals surface area (Å²) in [4.78, 5) is 27.6. The first kappa shape index (κ1) is 15.3. The largest absolute Gasteiger partial charge is 0.355 e. The third-order valence-electron chi connectivity index (χ3n) is 2.65. The molecule has 7 heteroatoms. The van der Waals surface area contributed by atoms with Gasteiger partial charge in [-0.1, -0.05) is 29.3 Å². The van der Waals surface area contributed by atoms with Gasteiger partial charge in [-0.3, -0.25) is 9.59 Å². The van der Waals surface area contributed by atoms with E-state index in [2.05, 4.69) is 15.6 Å². The quantitative estimate of drug-likeness (QED) is 0.853. The van der Waals surface area contributed by atoms with Gasteiger partial charge in [-0.2, -0.15) is 0 Å². The van der Waals surface area contributed by atoms with Crippen molar-refractivity contribution in [1.82, 2.24) is 10.3 Å². The summed E-state index contributed by atoms with van der Waals surface area (Å²) < 4.78 is 0. The summed E-state index contributed by atoms with van der Waals surface area (Å²) in [5, 5.41) is 5.63. The average Bonchev–Trinajstić information content (AvgIpc) is 2.48. The molecule has 21 heavy (non-hydrogen) atoms. The maximum atomic E-state index is 12.1. The predicted octanol–water partition coefficient (Wildman–Crippen LogP) is 3.00. The number of aromatic nitrogens is 1. The molecule has 5 nitrogen and oxygen atoms in total. The van der Waals surface area contributed by atoms with Gasteiger partial charge in [0.2, 0.25) is 0 Å². The molecule has 0 fully saturated rings. The third-order valence-corrected chi connectivity index (χ3v) is 3.19. The van der Waals surface area contributed by atoms with E-state index in [-0.39, 0.29) is 16.8 Å². The SMILES string of the molecule is CNC(=O)c1ccc(Cl)c(NC(=O)c2cccc(Cl)n2)c1. The van der Waals surface area contributed by atoms with Crippen LogP contribution in [0.4, 0.5) is 5.69 Å². The minimum atomic E-state index is -0.464. The van der Waals surface area contributed by atoms with Gasteiger partial charge in [0.1, 0.15) is 10.8 Å². The van der Waals surface area contributed by atoms with Crippen molar-refractivity contribution in [2.24, 2.45) is 0 Å². The summed E-state index contributed by atoms with van der Waals surface area (Å²) in [7, 11) is 1.52. The monoisotopic (exact) mass is 323 g/mol. The van der Waals surface area contributed by atoms with Crippen molar-refractivity contribution in [2.45, 2.75) is 0 Å². The Morgan fingerprint density at radius 1 is 1.10 bits per heavy atom. The Labute approximate surface area is 131 Å². The molecule has 0 bridgehead atoms. The molecule has 0 saturated heterocycles. The van der Waals surface area contributed by atoms with E-state index < -0.39 is 5.91 Å². The van der Waals surface area contributed by atoms with Gasteiger partial charge < -0.3 is 10.6 Å². The molecule has 2 aromatic rings. The van der Waals surface area contributed by atoms with E-state index in [1.807, 2.05) is 0 Å². The number of anilines is 1. The molecule has 2 rings (SSSR count). The Hall–Kier alpha value is -2.11. The van der Waals surface area contributed by atoms with Gasteiger partial charge in [0, 0.05) is 12.6 Å². The molecule has 1 heterocycles. The highest BCUT2D eigenvalue weighted by Crippen LogP contribution is 2.23. The maximum absolute atomic E-state index is 12.1. The number of carbonyl (C=O) groups is 2. The standard InChI is InChI=1S/C14H11Cl2N3O2/c1-17-13(20)8-5-6-9(15)11(7-8)19-14(21)10-3-2-4-12(16)18-10/h2-7H,1H3,(H,17,20)(H,19,21). The lowest BCUT2D eigenvalue weighted by atomic mass is 10.2. The van der Waals surface area contributed by atoms with Crippen molar-refractivity contribution in [3.05, 3.63) is 57.8 Å². The second-order valence-electron chi connectivity index (χ2n) is 4.07. The maximum Gasteiger partial charge on any atom is 0.274 e. The van der Waals surface area contributed by atoms with Gasteiger partial charge in [-0.25, -0.2) is 4.98 Å². The van der Waals surface area contributed by atoms with E-state index in [0.29, 0.717) is 16.3 Å². The summed E-state index contributed by atoms with van der Waals surface area (Å²) in [6, 6.07) is 9.30. The van der Waals surface area contributed by atoms with Crippen molar-refractivity contribution >= 4 is 40.7 Å². The zero-order chi connectivity index (χ0) is 15.4. The molecule has 0 unspecified atom stereocenters. The van der Waals surface area contributed by atoms with Crippen LogP contribution in [0.15, 0.2) is 36.4 Å². The highest BCUT2D eigenvalue weighted by molar-refractivity contribution is 6.34. The number of amides is 2. The van der Waals surface area contributed by atoms with Crippen molar-refractivity contribution in [1.29, 1.82) is 0 Å². The first-order chi connectivity index (χ1) is 10.0. The summed E-state index contributed by atoms with van der Waals surface area (Å²) >= 11 is 11.8. The van der Waals surface area contributed by atoms with Crippen LogP contribution in [-0.4, -0.2) is 23.8 Å². The van der Waals surface area contributed by atoms with Crippen molar-refractivity contribution < 1.29 is 9.59 Å². The van der Waals surface area contributed by atoms with Crippen molar-refractivity contribution in [3.63, 3.8) is 0 Å². The zero-order valence-corrected chi connectivity index (χ0v) is 12.5. The third kappa shape index (κ3) is 3.71. The van der Waals surface area contributed by atoms with Gasteiger partial charge in [0.25, 0.3) is 11.8 Å². The van der Waals surface area contributed by atoms with Gasteiger partial charge in [0.05, 0.1) is 10.7 Å². The summed E-state index contributed by atoms with van der Waals surface area (Å²) in [6.07, 6.45) is 0. The molecule has 1 aromatic carbocycles. The Balaban J connectivity index is 2.26. The molecule has 0 atom stereocenters. The minimum Gasteiger partial charge on any atom is -0.355 e. The van der Waals surface area contributed by atoms with E-state index in [4.69, 9.17) is 23.2 Å². The highest BCUT2D eigenvalue weighted by Gasteiger charge is 2.12. The van der Waals surface area contributed by atoms with Gasteiger partial charge in [0.15, 0.2) is 0 Å². The number of nitrogens with one attached hydrogen (secondary N) is 2. The molecule has 0 aliphatic carbocycles. The topological polar surface area (TPSA) is 71.1 Å². The number of rotatable bonds is 3. The number of halogens is 2. The molecule has 0 radical (unpaired) electrons.